The third-order valence-electron chi connectivity index (χ3n) is 4.01. The molecule has 3 rings (SSSR count). The minimum atomic E-state index is -0.850. The summed E-state index contributed by atoms with van der Waals surface area (Å²) in [6, 6.07) is 0. The number of carbonyl (C=O) groups is 1. The van der Waals surface area contributed by atoms with E-state index in [9.17, 15) is 9.90 Å². The monoisotopic (exact) mass is 231 g/mol. The molecule has 0 saturated carbocycles. The summed E-state index contributed by atoms with van der Waals surface area (Å²) in [5.74, 6) is -0.850. The summed E-state index contributed by atoms with van der Waals surface area (Å²) in [6.45, 7) is 0. The number of aryl methyl sites for hydroxylation is 1. The van der Waals surface area contributed by atoms with Gasteiger partial charge in [0.1, 0.15) is 0 Å². The molecule has 0 fully saturated rings. The highest BCUT2D eigenvalue weighted by atomic mass is 16.4. The molecule has 2 aliphatic carbocycles. The number of pyridine rings is 1. The van der Waals surface area contributed by atoms with Gasteiger partial charge in [-0.15, -0.1) is 0 Å². The molecule has 1 aromatic rings. The zero-order chi connectivity index (χ0) is 11.8. The number of aromatic carboxylic acids is 1. The minimum Gasteiger partial charge on any atom is -0.477 e. The van der Waals surface area contributed by atoms with Crippen molar-refractivity contribution >= 4 is 5.97 Å². The number of carboxylic acids is 1. The molecular weight excluding hydrogens is 214 g/mol. The first-order valence-corrected chi connectivity index (χ1v) is 6.54. The molecule has 0 saturated heterocycles. The minimum absolute atomic E-state index is 0.334. The Hall–Kier alpha value is -1.38. The highest BCUT2D eigenvalue weighted by molar-refractivity contribution is 5.88. The molecular formula is C14H17NO2. The van der Waals surface area contributed by atoms with Crippen molar-refractivity contribution in [3.63, 3.8) is 0 Å². The van der Waals surface area contributed by atoms with Crippen molar-refractivity contribution in [3.8, 4) is 0 Å². The SMILES string of the molecule is O=C(O)c1nc2c(c3c1CCCC3)CCCC2. The van der Waals surface area contributed by atoms with Crippen molar-refractivity contribution < 1.29 is 9.90 Å². The zero-order valence-electron chi connectivity index (χ0n) is 9.96. The third-order valence-corrected chi connectivity index (χ3v) is 4.01. The second-order valence-corrected chi connectivity index (χ2v) is 5.06. The fraction of sp³-hybridized carbons (Fsp3) is 0.571. The fourth-order valence-electron chi connectivity index (χ4n) is 3.22. The number of aromatic nitrogens is 1. The number of nitrogens with zero attached hydrogens (tertiary/aromatic N) is 1. The summed E-state index contributed by atoms with van der Waals surface area (Å²) in [5.41, 5.74) is 5.15. The summed E-state index contributed by atoms with van der Waals surface area (Å²) in [5, 5.41) is 9.28. The smallest absolute Gasteiger partial charge is 0.354 e. The Labute approximate surface area is 101 Å². The van der Waals surface area contributed by atoms with Crippen LogP contribution in [0.3, 0.4) is 0 Å². The predicted molar refractivity (Wildman–Crippen MR) is 64.5 cm³/mol. The molecule has 1 aromatic heterocycles. The van der Waals surface area contributed by atoms with Crippen molar-refractivity contribution in [2.45, 2.75) is 51.4 Å². The molecule has 90 valence electrons. The van der Waals surface area contributed by atoms with Gasteiger partial charge in [-0.05, 0) is 68.1 Å². The predicted octanol–water partition coefficient (Wildman–Crippen LogP) is 2.54. The van der Waals surface area contributed by atoms with E-state index >= 15 is 0 Å². The standard InChI is InChI=1S/C14H17NO2/c16-14(17)13-11-7-2-1-5-9(11)10-6-3-4-8-12(10)15-13/h1-8H2,(H,16,17). The van der Waals surface area contributed by atoms with E-state index in [0.717, 1.165) is 49.8 Å². The molecule has 0 unspecified atom stereocenters. The molecule has 0 bridgehead atoms. The second-order valence-electron chi connectivity index (χ2n) is 5.06. The lowest BCUT2D eigenvalue weighted by atomic mass is 9.82. The lowest BCUT2D eigenvalue weighted by Gasteiger charge is -2.25. The number of hydrogen-bond acceptors (Lipinski definition) is 2. The topological polar surface area (TPSA) is 50.2 Å². The van der Waals surface area contributed by atoms with Crippen LogP contribution in [0.2, 0.25) is 0 Å². The first-order chi connectivity index (χ1) is 8.27. The summed E-state index contributed by atoms with van der Waals surface area (Å²) in [6.07, 6.45) is 8.70. The summed E-state index contributed by atoms with van der Waals surface area (Å²) < 4.78 is 0. The summed E-state index contributed by atoms with van der Waals surface area (Å²) in [4.78, 5) is 15.7. The van der Waals surface area contributed by atoms with Crippen molar-refractivity contribution in [2.75, 3.05) is 0 Å². The average molecular weight is 231 g/mol. The van der Waals surface area contributed by atoms with Crippen LogP contribution in [-0.2, 0) is 25.7 Å². The van der Waals surface area contributed by atoms with Gasteiger partial charge in [-0.25, -0.2) is 9.78 Å². The van der Waals surface area contributed by atoms with Gasteiger partial charge in [0.15, 0.2) is 5.69 Å². The number of hydrogen-bond donors (Lipinski definition) is 1. The van der Waals surface area contributed by atoms with E-state index in [2.05, 4.69) is 4.98 Å². The largest absolute Gasteiger partial charge is 0.477 e. The van der Waals surface area contributed by atoms with Crippen LogP contribution in [0.25, 0.3) is 0 Å². The van der Waals surface area contributed by atoms with Gasteiger partial charge in [0.05, 0.1) is 0 Å². The maximum atomic E-state index is 11.3. The number of carboxylic acid groups (broad SMARTS) is 1. The molecule has 3 heteroatoms. The fourth-order valence-corrected chi connectivity index (χ4v) is 3.22. The van der Waals surface area contributed by atoms with Gasteiger partial charge in [-0.2, -0.15) is 0 Å². The molecule has 0 radical (unpaired) electrons. The van der Waals surface area contributed by atoms with Crippen LogP contribution in [-0.4, -0.2) is 16.1 Å². The molecule has 3 nitrogen and oxygen atoms in total. The molecule has 1 N–H and O–H groups in total. The number of rotatable bonds is 1. The Balaban J connectivity index is 2.21. The van der Waals surface area contributed by atoms with Gasteiger partial charge in [0.25, 0.3) is 0 Å². The Morgan fingerprint density at radius 3 is 2.18 bits per heavy atom. The third kappa shape index (κ3) is 1.74. The van der Waals surface area contributed by atoms with Gasteiger partial charge in [-0.1, -0.05) is 0 Å². The Kier molecular flexibility index (Phi) is 2.61. The van der Waals surface area contributed by atoms with Crippen molar-refractivity contribution in [3.05, 3.63) is 28.1 Å². The first-order valence-electron chi connectivity index (χ1n) is 6.54. The maximum absolute atomic E-state index is 11.3. The van der Waals surface area contributed by atoms with Gasteiger partial charge in [-0.3, -0.25) is 0 Å². The normalized spacial score (nSPS) is 18.4. The van der Waals surface area contributed by atoms with E-state index < -0.39 is 5.97 Å². The van der Waals surface area contributed by atoms with Crippen molar-refractivity contribution in [1.29, 1.82) is 0 Å². The maximum Gasteiger partial charge on any atom is 0.354 e. The van der Waals surface area contributed by atoms with E-state index in [1.165, 1.54) is 24.0 Å². The second kappa shape index (κ2) is 4.13. The van der Waals surface area contributed by atoms with Crippen LogP contribution < -0.4 is 0 Å². The Morgan fingerprint density at radius 2 is 1.47 bits per heavy atom. The van der Waals surface area contributed by atoms with Crippen LogP contribution in [0.4, 0.5) is 0 Å². The van der Waals surface area contributed by atoms with Crippen LogP contribution in [0.15, 0.2) is 0 Å². The van der Waals surface area contributed by atoms with Crippen molar-refractivity contribution in [2.24, 2.45) is 0 Å². The van der Waals surface area contributed by atoms with Gasteiger partial charge in [0.2, 0.25) is 0 Å². The average Bonchev–Trinajstić information content (AvgIpc) is 2.37. The highest BCUT2D eigenvalue weighted by Crippen LogP contribution is 2.32. The van der Waals surface area contributed by atoms with Crippen LogP contribution in [0.1, 0.15) is 58.6 Å². The quantitative estimate of drug-likeness (QED) is 0.808. The molecule has 0 atom stereocenters. The molecule has 17 heavy (non-hydrogen) atoms. The van der Waals surface area contributed by atoms with Crippen LogP contribution >= 0.6 is 0 Å². The Bertz CT molecular complexity index is 480. The van der Waals surface area contributed by atoms with E-state index in [1.807, 2.05) is 0 Å². The molecule has 0 amide bonds. The molecule has 0 aromatic carbocycles. The lowest BCUT2D eigenvalue weighted by Crippen LogP contribution is -2.20. The van der Waals surface area contributed by atoms with E-state index in [1.54, 1.807) is 0 Å². The van der Waals surface area contributed by atoms with Gasteiger partial charge in [0, 0.05) is 5.69 Å². The molecule has 0 aliphatic heterocycles. The van der Waals surface area contributed by atoms with Crippen LogP contribution in [0.5, 0.6) is 0 Å². The zero-order valence-corrected chi connectivity index (χ0v) is 9.96. The summed E-state index contributed by atoms with van der Waals surface area (Å²) in [7, 11) is 0. The lowest BCUT2D eigenvalue weighted by molar-refractivity contribution is 0.0688. The molecule has 1 heterocycles. The van der Waals surface area contributed by atoms with Crippen molar-refractivity contribution in [1.82, 2.24) is 4.98 Å². The molecule has 2 aliphatic rings. The summed E-state index contributed by atoms with van der Waals surface area (Å²) >= 11 is 0. The first kappa shape index (κ1) is 10.8. The van der Waals surface area contributed by atoms with Gasteiger partial charge < -0.3 is 5.11 Å². The Morgan fingerprint density at radius 1 is 0.882 bits per heavy atom. The van der Waals surface area contributed by atoms with Crippen LogP contribution in [0, 0.1) is 0 Å². The van der Waals surface area contributed by atoms with E-state index in [-0.39, 0.29) is 0 Å². The van der Waals surface area contributed by atoms with E-state index in [0.29, 0.717) is 5.69 Å². The highest BCUT2D eigenvalue weighted by Gasteiger charge is 2.25. The van der Waals surface area contributed by atoms with E-state index in [4.69, 9.17) is 0 Å². The van der Waals surface area contributed by atoms with Gasteiger partial charge >= 0.3 is 5.97 Å². The molecule has 0 spiro atoms. The number of fused-ring (bicyclic) bond motifs is 3.